The van der Waals surface area contributed by atoms with Gasteiger partial charge < -0.3 is 22.0 Å². The van der Waals surface area contributed by atoms with Crippen LogP contribution in [0.3, 0.4) is 0 Å². The van der Waals surface area contributed by atoms with Crippen molar-refractivity contribution in [2.75, 3.05) is 20.1 Å². The molecule has 1 aromatic rings. The molecule has 1 saturated heterocycles. The Morgan fingerprint density at radius 3 is 2.83 bits per heavy atom. The van der Waals surface area contributed by atoms with Gasteiger partial charge in [-0.25, -0.2) is 4.79 Å². The van der Waals surface area contributed by atoms with E-state index in [1.165, 1.54) is 4.90 Å². The van der Waals surface area contributed by atoms with Crippen molar-refractivity contribution in [1.29, 1.82) is 0 Å². The lowest BCUT2D eigenvalue weighted by atomic mass is 10.1. The second-order valence-electron chi connectivity index (χ2n) is 4.56. The van der Waals surface area contributed by atoms with Gasteiger partial charge in [0.05, 0.1) is 24.2 Å². The fourth-order valence-electron chi connectivity index (χ4n) is 2.17. The zero-order chi connectivity index (χ0) is 12.3. The molecular formula is C13H17Cl2NO2. The number of quaternary nitrogens is 1. The molecule has 5 heteroatoms. The van der Waals surface area contributed by atoms with Gasteiger partial charge in [0.2, 0.25) is 0 Å². The highest BCUT2D eigenvalue weighted by Gasteiger charge is 2.24. The van der Waals surface area contributed by atoms with Crippen LogP contribution in [0.4, 0.5) is 0 Å². The van der Waals surface area contributed by atoms with Crippen molar-refractivity contribution in [3.05, 3.63) is 34.9 Å². The highest BCUT2D eigenvalue weighted by atomic mass is 35.5. The Kier molecular flexibility index (Phi) is 5.93. The normalized spacial score (nSPS) is 23.0. The highest BCUT2D eigenvalue weighted by molar-refractivity contribution is 6.33. The maximum absolute atomic E-state index is 11.9. The third-order valence-corrected chi connectivity index (χ3v) is 3.40. The summed E-state index contributed by atoms with van der Waals surface area (Å²) in [4.78, 5) is 13.3. The first-order valence-corrected chi connectivity index (χ1v) is 6.31. The first kappa shape index (κ1) is 15.3. The number of nitrogens with one attached hydrogen (secondary N) is 1. The first-order chi connectivity index (χ1) is 8.16. The number of carbonyl (C=O) groups is 1. The summed E-state index contributed by atoms with van der Waals surface area (Å²) >= 11 is 5.96. The van der Waals surface area contributed by atoms with Crippen molar-refractivity contribution in [3.8, 4) is 0 Å². The van der Waals surface area contributed by atoms with Crippen molar-refractivity contribution in [3.63, 3.8) is 0 Å². The van der Waals surface area contributed by atoms with Crippen LogP contribution < -0.4 is 17.3 Å². The van der Waals surface area contributed by atoms with Gasteiger partial charge in [0.15, 0.2) is 6.10 Å². The molecule has 2 atom stereocenters. The van der Waals surface area contributed by atoms with Crippen LogP contribution in [0.2, 0.25) is 5.02 Å². The Morgan fingerprint density at radius 1 is 1.44 bits per heavy atom. The number of rotatable bonds is 2. The van der Waals surface area contributed by atoms with Crippen LogP contribution in [0.1, 0.15) is 23.2 Å². The number of esters is 1. The van der Waals surface area contributed by atoms with Gasteiger partial charge in [-0.3, -0.25) is 0 Å². The molecule has 1 aromatic carbocycles. The molecule has 0 spiro atoms. The van der Waals surface area contributed by atoms with Crippen LogP contribution in [-0.4, -0.2) is 32.2 Å². The maximum atomic E-state index is 11.9. The summed E-state index contributed by atoms with van der Waals surface area (Å²) in [6, 6.07) is 7.00. The van der Waals surface area contributed by atoms with Gasteiger partial charge in [0.1, 0.15) is 6.54 Å². The van der Waals surface area contributed by atoms with Crippen molar-refractivity contribution in [1.82, 2.24) is 0 Å². The minimum Gasteiger partial charge on any atom is -1.00 e. The molecule has 0 bridgehead atoms. The molecule has 3 nitrogen and oxygen atoms in total. The fraction of sp³-hybridized carbons (Fsp3) is 0.462. The van der Waals surface area contributed by atoms with Crippen LogP contribution in [0.15, 0.2) is 24.3 Å². The highest BCUT2D eigenvalue weighted by Crippen LogP contribution is 2.17. The molecule has 0 amide bonds. The van der Waals surface area contributed by atoms with Crippen LogP contribution in [0, 0.1) is 0 Å². The Morgan fingerprint density at radius 2 is 2.17 bits per heavy atom. The van der Waals surface area contributed by atoms with Crippen molar-refractivity contribution in [2.24, 2.45) is 0 Å². The van der Waals surface area contributed by atoms with Crippen molar-refractivity contribution < 1.29 is 26.8 Å². The summed E-state index contributed by atoms with van der Waals surface area (Å²) < 4.78 is 5.48. The molecule has 0 aliphatic carbocycles. The van der Waals surface area contributed by atoms with E-state index in [1.54, 1.807) is 24.3 Å². The average molecular weight is 290 g/mol. The quantitative estimate of drug-likeness (QED) is 0.650. The van der Waals surface area contributed by atoms with E-state index in [4.69, 9.17) is 16.3 Å². The van der Waals surface area contributed by atoms with Crippen LogP contribution in [0.5, 0.6) is 0 Å². The van der Waals surface area contributed by atoms with E-state index in [9.17, 15) is 4.79 Å². The number of carbonyl (C=O) groups excluding carboxylic acids is 1. The van der Waals surface area contributed by atoms with Gasteiger partial charge >= 0.3 is 5.97 Å². The molecule has 1 N–H and O–H groups in total. The Bertz CT molecular complexity index is 412. The summed E-state index contributed by atoms with van der Waals surface area (Å²) in [5.74, 6) is -0.310. The Labute approximate surface area is 118 Å². The van der Waals surface area contributed by atoms with Gasteiger partial charge in [0, 0.05) is 6.42 Å². The van der Waals surface area contributed by atoms with Crippen LogP contribution >= 0.6 is 11.6 Å². The second kappa shape index (κ2) is 6.98. The van der Waals surface area contributed by atoms with Gasteiger partial charge in [-0.05, 0) is 18.6 Å². The van der Waals surface area contributed by atoms with Crippen molar-refractivity contribution >= 4 is 17.6 Å². The van der Waals surface area contributed by atoms with Crippen molar-refractivity contribution in [2.45, 2.75) is 18.9 Å². The smallest absolute Gasteiger partial charge is 0.340 e. The molecule has 1 aliphatic rings. The topological polar surface area (TPSA) is 30.7 Å². The summed E-state index contributed by atoms with van der Waals surface area (Å²) in [5, 5.41) is 0.453. The molecule has 0 aromatic heterocycles. The lowest BCUT2D eigenvalue weighted by molar-refractivity contribution is -0.888. The van der Waals surface area contributed by atoms with E-state index >= 15 is 0 Å². The lowest BCUT2D eigenvalue weighted by Gasteiger charge is -2.26. The van der Waals surface area contributed by atoms with E-state index in [1.807, 2.05) is 0 Å². The van der Waals surface area contributed by atoms with E-state index in [-0.39, 0.29) is 24.5 Å². The standard InChI is InChI=1S/C13H16ClNO2.ClH/c1-15-8-4-5-10(9-15)17-13(16)11-6-2-3-7-12(11)14;/h2-3,6-7,10H,4-5,8-9H2,1H3;1H. The monoisotopic (exact) mass is 289 g/mol. The number of likely N-dealkylation sites (N-methyl/N-ethyl adjacent to an activating group) is 1. The summed E-state index contributed by atoms with van der Waals surface area (Å²) in [7, 11) is 2.12. The third-order valence-electron chi connectivity index (χ3n) is 3.07. The van der Waals surface area contributed by atoms with E-state index in [0.29, 0.717) is 10.6 Å². The summed E-state index contributed by atoms with van der Waals surface area (Å²) in [5.41, 5.74) is 0.456. The average Bonchev–Trinajstić information content (AvgIpc) is 2.29. The van der Waals surface area contributed by atoms with Crippen LogP contribution in [0.25, 0.3) is 0 Å². The molecule has 2 unspecified atom stereocenters. The van der Waals surface area contributed by atoms with E-state index < -0.39 is 0 Å². The van der Waals surface area contributed by atoms with E-state index in [0.717, 1.165) is 25.9 Å². The molecule has 2 rings (SSSR count). The minimum atomic E-state index is -0.310. The van der Waals surface area contributed by atoms with Crippen LogP contribution in [-0.2, 0) is 4.74 Å². The van der Waals surface area contributed by atoms with Gasteiger partial charge in [0.25, 0.3) is 0 Å². The summed E-state index contributed by atoms with van der Waals surface area (Å²) in [6.07, 6.45) is 2.08. The second-order valence-corrected chi connectivity index (χ2v) is 4.97. The largest absolute Gasteiger partial charge is 1.00 e. The molecule has 100 valence electrons. The Hall–Kier alpha value is -0.770. The molecule has 1 heterocycles. The number of likely N-dealkylation sites (tertiary alicyclic amines) is 1. The third kappa shape index (κ3) is 3.87. The zero-order valence-corrected chi connectivity index (χ0v) is 11.8. The molecule has 18 heavy (non-hydrogen) atoms. The molecule has 0 radical (unpaired) electrons. The number of piperidine rings is 1. The minimum absolute atomic E-state index is 0. The first-order valence-electron chi connectivity index (χ1n) is 5.93. The molecule has 1 aliphatic heterocycles. The number of halogens is 2. The number of ether oxygens (including phenoxy) is 1. The number of hydrogen-bond acceptors (Lipinski definition) is 2. The number of hydrogen-bond donors (Lipinski definition) is 1. The predicted octanol–water partition coefficient (Wildman–Crippen LogP) is -1.82. The maximum Gasteiger partial charge on any atom is 0.340 e. The SMILES string of the molecule is C[NH+]1CCCC(OC(=O)c2ccccc2Cl)C1.[Cl-]. The lowest BCUT2D eigenvalue weighted by Crippen LogP contribution is -3.11. The Balaban J connectivity index is 0.00000162. The summed E-state index contributed by atoms with van der Waals surface area (Å²) in [6.45, 7) is 2.04. The molecule has 0 saturated carbocycles. The zero-order valence-electron chi connectivity index (χ0n) is 10.3. The van der Waals surface area contributed by atoms with Gasteiger partial charge in [-0.2, -0.15) is 0 Å². The van der Waals surface area contributed by atoms with E-state index in [2.05, 4.69) is 7.05 Å². The number of benzene rings is 1. The predicted molar refractivity (Wildman–Crippen MR) is 66.5 cm³/mol. The fourth-order valence-corrected chi connectivity index (χ4v) is 2.38. The van der Waals surface area contributed by atoms with Gasteiger partial charge in [-0.1, -0.05) is 23.7 Å². The molecule has 1 fully saturated rings. The molecular weight excluding hydrogens is 273 g/mol. The van der Waals surface area contributed by atoms with Gasteiger partial charge in [-0.15, -0.1) is 0 Å².